The maximum atomic E-state index is 13.3. The lowest BCUT2D eigenvalue weighted by Gasteiger charge is -2.29. The first-order valence-corrected chi connectivity index (χ1v) is 6.42. The van der Waals surface area contributed by atoms with E-state index in [2.05, 4.69) is 5.32 Å². The number of rotatable bonds is 6. The fourth-order valence-corrected chi connectivity index (χ4v) is 1.82. The van der Waals surface area contributed by atoms with Gasteiger partial charge in [-0.1, -0.05) is 13.8 Å². The van der Waals surface area contributed by atoms with E-state index < -0.39 is 5.82 Å². The molecule has 0 fully saturated rings. The van der Waals surface area contributed by atoms with Crippen LogP contribution in [0.25, 0.3) is 0 Å². The summed E-state index contributed by atoms with van der Waals surface area (Å²) in [5.41, 5.74) is 5.28. The lowest BCUT2D eigenvalue weighted by molar-refractivity contribution is 0.0850. The summed E-state index contributed by atoms with van der Waals surface area (Å²) in [4.78, 5) is 11.9. The number of nitrogens with two attached hydrogens (primary N) is 1. The molecule has 106 valence electrons. The van der Waals surface area contributed by atoms with Crippen LogP contribution in [-0.4, -0.2) is 24.2 Å². The Labute approximate surface area is 112 Å². The zero-order valence-corrected chi connectivity index (χ0v) is 11.4. The normalized spacial score (nSPS) is 11.4. The zero-order valence-electron chi connectivity index (χ0n) is 11.4. The standard InChI is InChI=1S/C14H21FN2O2/c1-3-14(4-2,9-18)8-17-13(19)10-5-6-12(16)11(15)7-10/h5-7,18H,3-4,8-9,16H2,1-2H3,(H,17,19). The number of halogens is 1. The van der Waals surface area contributed by atoms with Crippen LogP contribution in [0.3, 0.4) is 0 Å². The molecule has 0 spiro atoms. The molecule has 1 rings (SSSR count). The van der Waals surface area contributed by atoms with E-state index in [1.807, 2.05) is 13.8 Å². The van der Waals surface area contributed by atoms with Crippen molar-refractivity contribution in [2.75, 3.05) is 18.9 Å². The molecule has 0 aliphatic rings. The molecule has 0 saturated carbocycles. The number of aliphatic hydroxyl groups excluding tert-OH is 1. The average Bonchev–Trinajstić information content (AvgIpc) is 2.43. The van der Waals surface area contributed by atoms with Crippen LogP contribution in [0.1, 0.15) is 37.0 Å². The quantitative estimate of drug-likeness (QED) is 0.690. The van der Waals surface area contributed by atoms with Crippen molar-refractivity contribution >= 4 is 11.6 Å². The monoisotopic (exact) mass is 268 g/mol. The Kier molecular flexibility index (Phi) is 5.30. The molecule has 0 aromatic heterocycles. The van der Waals surface area contributed by atoms with Crippen molar-refractivity contribution in [3.63, 3.8) is 0 Å². The number of carbonyl (C=O) groups excluding carboxylic acids is 1. The van der Waals surface area contributed by atoms with Crippen LogP contribution < -0.4 is 11.1 Å². The van der Waals surface area contributed by atoms with E-state index in [9.17, 15) is 14.3 Å². The first-order chi connectivity index (χ1) is 8.98. The topological polar surface area (TPSA) is 75.3 Å². The molecule has 0 unspecified atom stereocenters. The van der Waals surface area contributed by atoms with Gasteiger partial charge >= 0.3 is 0 Å². The number of nitrogens with one attached hydrogen (secondary N) is 1. The summed E-state index contributed by atoms with van der Waals surface area (Å²) in [5.74, 6) is -0.967. The van der Waals surface area contributed by atoms with Gasteiger partial charge in [0, 0.05) is 17.5 Å². The van der Waals surface area contributed by atoms with Gasteiger partial charge in [0.05, 0.1) is 12.3 Å². The summed E-state index contributed by atoms with van der Waals surface area (Å²) >= 11 is 0. The van der Waals surface area contributed by atoms with E-state index >= 15 is 0 Å². The second-order valence-corrected chi connectivity index (χ2v) is 4.78. The average molecular weight is 268 g/mol. The van der Waals surface area contributed by atoms with Crippen molar-refractivity contribution < 1.29 is 14.3 Å². The van der Waals surface area contributed by atoms with Crippen LogP contribution in [0.4, 0.5) is 10.1 Å². The van der Waals surface area contributed by atoms with Crippen molar-refractivity contribution in [3.8, 4) is 0 Å². The molecule has 1 aromatic carbocycles. The Morgan fingerprint density at radius 1 is 1.42 bits per heavy atom. The highest BCUT2D eigenvalue weighted by Crippen LogP contribution is 2.24. The van der Waals surface area contributed by atoms with Crippen LogP contribution in [0.2, 0.25) is 0 Å². The summed E-state index contributed by atoms with van der Waals surface area (Å²) in [6.45, 7) is 4.31. The fraction of sp³-hybridized carbons (Fsp3) is 0.500. The fourth-order valence-electron chi connectivity index (χ4n) is 1.82. The molecule has 4 nitrogen and oxygen atoms in total. The Balaban J connectivity index is 2.72. The van der Waals surface area contributed by atoms with Gasteiger partial charge in [0.25, 0.3) is 5.91 Å². The highest BCUT2D eigenvalue weighted by atomic mass is 19.1. The van der Waals surface area contributed by atoms with Gasteiger partial charge < -0.3 is 16.2 Å². The number of amides is 1. The summed E-state index contributed by atoms with van der Waals surface area (Å²) in [6.07, 6.45) is 1.52. The molecule has 0 heterocycles. The van der Waals surface area contributed by atoms with E-state index in [1.165, 1.54) is 12.1 Å². The second kappa shape index (κ2) is 6.52. The summed E-state index contributed by atoms with van der Waals surface area (Å²) in [5, 5.41) is 12.1. The molecule has 0 bridgehead atoms. The van der Waals surface area contributed by atoms with Gasteiger partial charge in [-0.3, -0.25) is 4.79 Å². The van der Waals surface area contributed by atoms with Crippen molar-refractivity contribution in [3.05, 3.63) is 29.6 Å². The van der Waals surface area contributed by atoms with E-state index in [0.717, 1.165) is 18.9 Å². The molecule has 1 aromatic rings. The molecule has 0 aliphatic carbocycles. The Morgan fingerprint density at radius 2 is 2.05 bits per heavy atom. The lowest BCUT2D eigenvalue weighted by Crippen LogP contribution is -2.39. The summed E-state index contributed by atoms with van der Waals surface area (Å²) in [7, 11) is 0. The van der Waals surface area contributed by atoms with E-state index in [4.69, 9.17) is 5.73 Å². The summed E-state index contributed by atoms with van der Waals surface area (Å²) < 4.78 is 13.3. The van der Waals surface area contributed by atoms with Gasteiger partial charge in [-0.05, 0) is 31.0 Å². The number of carbonyl (C=O) groups is 1. The van der Waals surface area contributed by atoms with Crippen LogP contribution in [-0.2, 0) is 0 Å². The molecular formula is C14H21FN2O2. The third kappa shape index (κ3) is 3.67. The van der Waals surface area contributed by atoms with Gasteiger partial charge in [0.1, 0.15) is 5.82 Å². The van der Waals surface area contributed by atoms with Crippen molar-refractivity contribution in [1.82, 2.24) is 5.32 Å². The van der Waals surface area contributed by atoms with Crippen LogP contribution >= 0.6 is 0 Å². The van der Waals surface area contributed by atoms with Crippen LogP contribution in [0.5, 0.6) is 0 Å². The third-order valence-electron chi connectivity index (χ3n) is 3.72. The lowest BCUT2D eigenvalue weighted by atomic mass is 9.83. The number of aliphatic hydroxyl groups is 1. The predicted molar refractivity (Wildman–Crippen MR) is 73.2 cm³/mol. The highest BCUT2D eigenvalue weighted by molar-refractivity contribution is 5.94. The molecule has 4 N–H and O–H groups in total. The number of hydrogen-bond acceptors (Lipinski definition) is 3. The number of hydrogen-bond donors (Lipinski definition) is 3. The summed E-state index contributed by atoms with van der Waals surface area (Å²) in [6, 6.07) is 3.96. The zero-order chi connectivity index (χ0) is 14.5. The maximum Gasteiger partial charge on any atom is 0.251 e. The Bertz CT molecular complexity index is 437. The van der Waals surface area contributed by atoms with Gasteiger partial charge in [0.15, 0.2) is 0 Å². The van der Waals surface area contributed by atoms with Crippen LogP contribution in [0.15, 0.2) is 18.2 Å². The number of nitrogen functional groups attached to an aromatic ring is 1. The van der Waals surface area contributed by atoms with Gasteiger partial charge in [0.2, 0.25) is 0 Å². The van der Waals surface area contributed by atoms with Crippen molar-refractivity contribution in [1.29, 1.82) is 0 Å². The molecule has 0 aliphatic heterocycles. The van der Waals surface area contributed by atoms with Gasteiger partial charge in [-0.2, -0.15) is 0 Å². The van der Waals surface area contributed by atoms with E-state index in [-0.39, 0.29) is 29.2 Å². The minimum absolute atomic E-state index is 0.0103. The van der Waals surface area contributed by atoms with Gasteiger partial charge in [-0.15, -0.1) is 0 Å². The smallest absolute Gasteiger partial charge is 0.251 e. The molecule has 0 atom stereocenters. The molecular weight excluding hydrogens is 247 g/mol. The Hall–Kier alpha value is -1.62. The first kappa shape index (κ1) is 15.4. The highest BCUT2D eigenvalue weighted by Gasteiger charge is 2.26. The molecule has 0 radical (unpaired) electrons. The minimum atomic E-state index is -0.605. The first-order valence-electron chi connectivity index (χ1n) is 6.42. The van der Waals surface area contributed by atoms with E-state index in [0.29, 0.717) is 6.54 Å². The molecule has 0 saturated heterocycles. The largest absolute Gasteiger partial charge is 0.396 e. The minimum Gasteiger partial charge on any atom is -0.396 e. The van der Waals surface area contributed by atoms with Gasteiger partial charge in [-0.25, -0.2) is 4.39 Å². The van der Waals surface area contributed by atoms with E-state index in [1.54, 1.807) is 0 Å². The van der Waals surface area contributed by atoms with Crippen LogP contribution in [0, 0.1) is 11.2 Å². The third-order valence-corrected chi connectivity index (χ3v) is 3.72. The second-order valence-electron chi connectivity index (χ2n) is 4.78. The predicted octanol–water partition coefficient (Wildman–Crippen LogP) is 1.94. The van der Waals surface area contributed by atoms with Crippen molar-refractivity contribution in [2.24, 2.45) is 5.41 Å². The Morgan fingerprint density at radius 3 is 2.53 bits per heavy atom. The molecule has 19 heavy (non-hydrogen) atoms. The van der Waals surface area contributed by atoms with Crippen molar-refractivity contribution in [2.45, 2.75) is 26.7 Å². The number of benzene rings is 1. The molecule has 1 amide bonds. The SMILES string of the molecule is CCC(CC)(CO)CNC(=O)c1ccc(N)c(F)c1. The molecule has 5 heteroatoms. The number of anilines is 1. The maximum absolute atomic E-state index is 13.3.